The Morgan fingerprint density at radius 3 is 2.93 bits per heavy atom. The molecule has 0 aromatic carbocycles. The zero-order valence-corrected chi connectivity index (χ0v) is 9.03. The van der Waals surface area contributed by atoms with Crippen molar-refractivity contribution < 1.29 is 14.3 Å². The molecule has 2 atom stereocenters. The fourth-order valence-corrected chi connectivity index (χ4v) is 2.50. The normalized spacial score (nSPS) is 29.9. The third kappa shape index (κ3) is 1.64. The molecule has 0 bridgehead atoms. The van der Waals surface area contributed by atoms with Gasteiger partial charge in [0, 0.05) is 12.1 Å². The van der Waals surface area contributed by atoms with Gasteiger partial charge in [-0.1, -0.05) is 5.57 Å². The number of esters is 1. The van der Waals surface area contributed by atoms with Crippen LogP contribution in [-0.4, -0.2) is 36.0 Å². The van der Waals surface area contributed by atoms with E-state index in [9.17, 15) is 9.59 Å². The Morgan fingerprint density at radius 2 is 2.27 bits per heavy atom. The van der Waals surface area contributed by atoms with Crippen LogP contribution >= 0.6 is 0 Å². The predicted octanol–water partition coefficient (Wildman–Crippen LogP) is 0.869. The molecule has 2 unspecified atom stereocenters. The van der Waals surface area contributed by atoms with Crippen molar-refractivity contribution in [3.8, 4) is 0 Å². The Kier molecular flexibility index (Phi) is 2.50. The molecule has 82 valence electrons. The summed E-state index contributed by atoms with van der Waals surface area (Å²) in [5, 5.41) is 0. The third-order valence-corrected chi connectivity index (χ3v) is 3.16. The Morgan fingerprint density at radius 1 is 1.53 bits per heavy atom. The summed E-state index contributed by atoms with van der Waals surface area (Å²) in [6.07, 6.45) is 4.14. The molecule has 4 nitrogen and oxygen atoms in total. The van der Waals surface area contributed by atoms with Gasteiger partial charge in [0.05, 0.1) is 7.11 Å². The van der Waals surface area contributed by atoms with E-state index in [2.05, 4.69) is 0 Å². The molecule has 0 radical (unpaired) electrons. The van der Waals surface area contributed by atoms with Gasteiger partial charge >= 0.3 is 5.97 Å². The Balaban J connectivity index is 2.22. The topological polar surface area (TPSA) is 46.6 Å². The fourth-order valence-electron chi connectivity index (χ4n) is 2.50. The van der Waals surface area contributed by atoms with Crippen LogP contribution < -0.4 is 0 Å². The van der Waals surface area contributed by atoms with E-state index >= 15 is 0 Å². The van der Waals surface area contributed by atoms with Gasteiger partial charge in [-0.2, -0.15) is 0 Å². The van der Waals surface area contributed by atoms with E-state index in [1.54, 1.807) is 11.0 Å². The van der Waals surface area contributed by atoms with Gasteiger partial charge in [-0.15, -0.1) is 0 Å². The van der Waals surface area contributed by atoms with E-state index in [1.165, 1.54) is 7.11 Å². The summed E-state index contributed by atoms with van der Waals surface area (Å²) >= 11 is 0. The van der Waals surface area contributed by atoms with Crippen LogP contribution in [0.25, 0.3) is 0 Å². The lowest BCUT2D eigenvalue weighted by atomic mass is 10.0. The quantitative estimate of drug-likeness (QED) is 0.602. The van der Waals surface area contributed by atoms with Gasteiger partial charge in [-0.3, -0.25) is 4.79 Å². The monoisotopic (exact) mass is 209 g/mol. The highest BCUT2D eigenvalue weighted by atomic mass is 16.5. The van der Waals surface area contributed by atoms with Crippen molar-refractivity contribution >= 4 is 11.9 Å². The van der Waals surface area contributed by atoms with Crippen molar-refractivity contribution in [3.63, 3.8) is 0 Å². The second-order valence-electron chi connectivity index (χ2n) is 4.21. The maximum atomic E-state index is 11.8. The average molecular weight is 209 g/mol. The van der Waals surface area contributed by atoms with Crippen LogP contribution in [0.3, 0.4) is 0 Å². The number of hydrogen-bond acceptors (Lipinski definition) is 3. The van der Waals surface area contributed by atoms with Gasteiger partial charge in [-0.25, -0.2) is 4.79 Å². The van der Waals surface area contributed by atoms with E-state index in [-0.39, 0.29) is 24.0 Å². The van der Waals surface area contributed by atoms with Gasteiger partial charge in [-0.05, 0) is 26.2 Å². The lowest BCUT2D eigenvalue weighted by Crippen LogP contribution is -2.46. The van der Waals surface area contributed by atoms with E-state index in [0.717, 1.165) is 24.8 Å². The molecule has 2 rings (SSSR count). The molecule has 1 amide bonds. The van der Waals surface area contributed by atoms with Gasteiger partial charge in [0.1, 0.15) is 6.04 Å². The van der Waals surface area contributed by atoms with Crippen LogP contribution in [0.1, 0.15) is 26.2 Å². The average Bonchev–Trinajstić information content (AvgIpc) is 2.60. The summed E-state index contributed by atoms with van der Waals surface area (Å²) in [5.74, 6) is -0.338. The van der Waals surface area contributed by atoms with Crippen molar-refractivity contribution in [1.82, 2.24) is 4.90 Å². The Hall–Kier alpha value is -1.32. The molecule has 0 spiro atoms. The predicted molar refractivity (Wildman–Crippen MR) is 54.0 cm³/mol. The fraction of sp³-hybridized carbons (Fsp3) is 0.636. The molecule has 0 saturated carbocycles. The van der Waals surface area contributed by atoms with Crippen LogP contribution in [0.2, 0.25) is 0 Å². The summed E-state index contributed by atoms with van der Waals surface area (Å²) in [6.45, 7) is 1.96. The van der Waals surface area contributed by atoms with Crippen molar-refractivity contribution in [1.29, 1.82) is 0 Å². The molecule has 2 aliphatic rings. The van der Waals surface area contributed by atoms with Gasteiger partial charge < -0.3 is 9.64 Å². The molecule has 1 fully saturated rings. The van der Waals surface area contributed by atoms with Gasteiger partial charge in [0.25, 0.3) is 0 Å². The van der Waals surface area contributed by atoms with E-state index < -0.39 is 0 Å². The van der Waals surface area contributed by atoms with E-state index in [4.69, 9.17) is 4.74 Å². The summed E-state index contributed by atoms with van der Waals surface area (Å²) in [6, 6.07) is -0.163. The summed E-state index contributed by atoms with van der Waals surface area (Å²) in [7, 11) is 1.37. The highest BCUT2D eigenvalue weighted by Crippen LogP contribution is 2.32. The molecule has 0 aromatic rings. The highest BCUT2D eigenvalue weighted by molar-refractivity contribution is 5.93. The number of carbonyl (C=O) groups is 2. The maximum Gasteiger partial charge on any atom is 0.328 e. The largest absolute Gasteiger partial charge is 0.467 e. The van der Waals surface area contributed by atoms with Crippen LogP contribution in [-0.2, 0) is 14.3 Å². The lowest BCUT2D eigenvalue weighted by Gasteiger charge is -2.31. The molecular weight excluding hydrogens is 194 g/mol. The smallest absolute Gasteiger partial charge is 0.328 e. The van der Waals surface area contributed by atoms with Crippen molar-refractivity contribution in [2.24, 2.45) is 0 Å². The third-order valence-electron chi connectivity index (χ3n) is 3.16. The second-order valence-corrected chi connectivity index (χ2v) is 4.21. The maximum absolute atomic E-state index is 11.8. The molecule has 2 heterocycles. The standard InChI is InChI=1S/C11H15NO3/c1-7-5-8-3-4-9(11(14)15-2)12(8)10(13)6-7/h6,8-9H,3-5H2,1-2H3. The SMILES string of the molecule is COC(=O)C1CCC2CC(C)=CC(=O)N21. The first-order valence-electron chi connectivity index (χ1n) is 5.20. The molecular formula is C11H15NO3. The summed E-state index contributed by atoms with van der Waals surface area (Å²) < 4.78 is 4.70. The number of nitrogens with zero attached hydrogens (tertiary/aromatic N) is 1. The lowest BCUT2D eigenvalue weighted by molar-refractivity contribution is -0.151. The highest BCUT2D eigenvalue weighted by Gasteiger charge is 2.42. The Labute approximate surface area is 88.9 Å². The molecule has 0 aromatic heterocycles. The van der Waals surface area contributed by atoms with Crippen molar-refractivity contribution in [2.75, 3.05) is 7.11 Å². The number of ether oxygens (including phenoxy) is 1. The Bertz CT molecular complexity index is 335. The first-order chi connectivity index (χ1) is 7.13. The van der Waals surface area contributed by atoms with Gasteiger partial charge in [0.15, 0.2) is 0 Å². The minimum Gasteiger partial charge on any atom is -0.467 e. The van der Waals surface area contributed by atoms with Crippen LogP contribution in [0, 0.1) is 0 Å². The number of fused-ring (bicyclic) bond motifs is 1. The zero-order valence-electron chi connectivity index (χ0n) is 9.03. The molecule has 0 aliphatic carbocycles. The molecule has 4 heteroatoms. The van der Waals surface area contributed by atoms with Crippen molar-refractivity contribution in [2.45, 2.75) is 38.3 Å². The zero-order chi connectivity index (χ0) is 11.0. The van der Waals surface area contributed by atoms with Gasteiger partial charge in [0.2, 0.25) is 5.91 Å². The molecule has 2 aliphatic heterocycles. The van der Waals surface area contributed by atoms with Crippen molar-refractivity contribution in [3.05, 3.63) is 11.6 Å². The van der Waals surface area contributed by atoms with Crippen LogP contribution in [0.4, 0.5) is 0 Å². The van der Waals surface area contributed by atoms with Crippen LogP contribution in [0.5, 0.6) is 0 Å². The molecule has 1 saturated heterocycles. The van der Waals surface area contributed by atoms with E-state index in [1.807, 2.05) is 6.92 Å². The minimum absolute atomic E-state index is 0.0448. The van der Waals surface area contributed by atoms with Crippen LogP contribution in [0.15, 0.2) is 11.6 Å². The minimum atomic E-state index is -0.364. The number of rotatable bonds is 1. The number of hydrogen-bond donors (Lipinski definition) is 0. The number of amides is 1. The first kappa shape index (κ1) is 10.2. The summed E-state index contributed by atoms with van der Waals surface area (Å²) in [5.41, 5.74) is 1.10. The first-order valence-corrected chi connectivity index (χ1v) is 5.20. The number of methoxy groups -OCH3 is 1. The number of carbonyl (C=O) groups excluding carboxylic acids is 2. The summed E-state index contributed by atoms with van der Waals surface area (Å²) in [4.78, 5) is 24.9. The second kappa shape index (κ2) is 3.68. The van der Waals surface area contributed by atoms with E-state index in [0.29, 0.717) is 0 Å². The molecule has 0 N–H and O–H groups in total. The molecule has 15 heavy (non-hydrogen) atoms.